The van der Waals surface area contributed by atoms with Gasteiger partial charge in [-0.2, -0.15) is 18.3 Å². The van der Waals surface area contributed by atoms with E-state index in [1.165, 1.54) is 10.9 Å². The lowest BCUT2D eigenvalue weighted by Gasteiger charge is -2.47. The highest BCUT2D eigenvalue weighted by atomic mass is 19.4. The first-order valence-electron chi connectivity index (χ1n) is 11.9. The van der Waals surface area contributed by atoms with E-state index in [0.717, 1.165) is 17.7 Å². The molecule has 1 aromatic heterocycles. The normalized spacial score (nSPS) is 23.7. The van der Waals surface area contributed by atoms with Crippen molar-refractivity contribution < 1.29 is 23.1 Å². The number of aryl methyl sites for hydroxylation is 1. The third-order valence-corrected chi connectivity index (χ3v) is 7.32. The molecule has 1 saturated heterocycles. The third kappa shape index (κ3) is 5.19. The molecule has 1 aliphatic rings. The van der Waals surface area contributed by atoms with Crippen LogP contribution in [0.1, 0.15) is 55.0 Å². The molecular weight excluding hydrogens is 487 g/mol. The van der Waals surface area contributed by atoms with Gasteiger partial charge in [-0.15, -0.1) is 0 Å². The van der Waals surface area contributed by atoms with Crippen LogP contribution in [0.5, 0.6) is 0 Å². The van der Waals surface area contributed by atoms with Gasteiger partial charge >= 0.3 is 11.9 Å². The van der Waals surface area contributed by atoms with Crippen molar-refractivity contribution >= 4 is 5.71 Å². The summed E-state index contributed by atoms with van der Waals surface area (Å²) in [5.74, 6) is 0. The zero-order chi connectivity index (χ0) is 26.8. The highest BCUT2D eigenvalue weighted by molar-refractivity contribution is 5.89. The number of oxime groups is 1. The van der Waals surface area contributed by atoms with Crippen molar-refractivity contribution in [3.63, 3.8) is 0 Å². The number of aromatic nitrogens is 3. The summed E-state index contributed by atoms with van der Waals surface area (Å²) in [5.41, 5.74) is -0.563. The van der Waals surface area contributed by atoms with Crippen LogP contribution in [0.25, 0.3) is 0 Å². The predicted molar refractivity (Wildman–Crippen MR) is 132 cm³/mol. The standard InChI is InChI=1S/C26H30F3N5O3/c1-17-11-20(13-22(12-17)26(27,28)29)18(2)37-15-24(21-7-5-4-6-8-21)9-10-25(14-30-24,19(3)33-36)34-16-31-32-23(34)35/h4-8,11-13,16,18,30,36H,9-10,14-15H2,1-3H3,(H,32,35)/b33-19-/t18-,24-,25+/m1/s1. The maximum absolute atomic E-state index is 13.4. The molecular formula is C26H30F3N5O3. The van der Waals surface area contributed by atoms with Gasteiger partial charge in [-0.05, 0) is 56.9 Å². The second-order valence-corrected chi connectivity index (χ2v) is 9.63. The van der Waals surface area contributed by atoms with Gasteiger partial charge in [0.2, 0.25) is 0 Å². The number of alkyl halides is 3. The molecule has 11 heteroatoms. The minimum Gasteiger partial charge on any atom is -0.411 e. The van der Waals surface area contributed by atoms with Gasteiger partial charge in [0.15, 0.2) is 0 Å². The van der Waals surface area contributed by atoms with E-state index < -0.39 is 34.6 Å². The molecule has 0 unspecified atom stereocenters. The summed E-state index contributed by atoms with van der Waals surface area (Å²) >= 11 is 0. The number of aromatic amines is 1. The maximum atomic E-state index is 13.4. The van der Waals surface area contributed by atoms with Crippen molar-refractivity contribution in [3.8, 4) is 0 Å². The largest absolute Gasteiger partial charge is 0.416 e. The molecule has 0 radical (unpaired) electrons. The van der Waals surface area contributed by atoms with Crippen molar-refractivity contribution in [1.29, 1.82) is 0 Å². The molecule has 4 rings (SSSR count). The minimum atomic E-state index is -4.45. The van der Waals surface area contributed by atoms with E-state index >= 15 is 0 Å². The Labute approximate surface area is 212 Å². The van der Waals surface area contributed by atoms with E-state index in [2.05, 4.69) is 20.7 Å². The number of nitrogens with zero attached hydrogens (tertiary/aromatic N) is 3. The minimum absolute atomic E-state index is 0.166. The molecule has 0 amide bonds. The van der Waals surface area contributed by atoms with Gasteiger partial charge in [0.1, 0.15) is 11.9 Å². The van der Waals surface area contributed by atoms with Crippen molar-refractivity contribution in [2.24, 2.45) is 5.16 Å². The van der Waals surface area contributed by atoms with E-state index in [9.17, 15) is 23.2 Å². The predicted octanol–water partition coefficient (Wildman–Crippen LogP) is 4.50. The molecule has 198 valence electrons. The first kappa shape index (κ1) is 26.6. The van der Waals surface area contributed by atoms with Crippen LogP contribution in [0.15, 0.2) is 64.8 Å². The second-order valence-electron chi connectivity index (χ2n) is 9.63. The molecule has 3 N–H and O–H groups in total. The van der Waals surface area contributed by atoms with Gasteiger partial charge < -0.3 is 15.3 Å². The maximum Gasteiger partial charge on any atom is 0.416 e. The summed E-state index contributed by atoms with van der Waals surface area (Å²) < 4.78 is 47.8. The molecule has 2 heterocycles. The van der Waals surface area contributed by atoms with Crippen LogP contribution in [0, 0.1) is 6.92 Å². The number of benzene rings is 2. The Hall–Kier alpha value is -3.44. The number of piperidine rings is 1. The highest BCUT2D eigenvalue weighted by Gasteiger charge is 2.47. The zero-order valence-electron chi connectivity index (χ0n) is 20.8. The highest BCUT2D eigenvalue weighted by Crippen LogP contribution is 2.39. The fourth-order valence-electron chi connectivity index (χ4n) is 5.03. The SMILES string of the molecule is C/C(=N/O)[C@]1(n2cn[nH]c2=O)CC[C@@](CO[C@H](C)c2cc(C)cc(C(F)(F)F)c2)(c2ccccc2)NC1. The van der Waals surface area contributed by atoms with Gasteiger partial charge in [0.25, 0.3) is 0 Å². The Morgan fingerprint density at radius 3 is 2.54 bits per heavy atom. The quantitative estimate of drug-likeness (QED) is 0.243. The summed E-state index contributed by atoms with van der Waals surface area (Å²) in [5, 5.41) is 22.8. The molecule has 0 spiro atoms. The van der Waals surface area contributed by atoms with Gasteiger partial charge in [-0.1, -0.05) is 47.1 Å². The summed E-state index contributed by atoms with van der Waals surface area (Å²) in [6.07, 6.45) is -2.77. The van der Waals surface area contributed by atoms with Crippen molar-refractivity contribution in [2.75, 3.05) is 13.2 Å². The van der Waals surface area contributed by atoms with Gasteiger partial charge in [-0.25, -0.2) is 9.89 Å². The molecule has 1 aliphatic heterocycles. The zero-order valence-corrected chi connectivity index (χ0v) is 20.8. The average molecular weight is 518 g/mol. The Balaban J connectivity index is 1.63. The third-order valence-electron chi connectivity index (χ3n) is 7.32. The fraction of sp³-hybridized carbons (Fsp3) is 0.423. The van der Waals surface area contributed by atoms with Crippen LogP contribution in [0.3, 0.4) is 0 Å². The summed E-state index contributed by atoms with van der Waals surface area (Å²) in [4.78, 5) is 12.4. The van der Waals surface area contributed by atoms with Crippen LogP contribution < -0.4 is 11.0 Å². The summed E-state index contributed by atoms with van der Waals surface area (Å²) in [7, 11) is 0. The van der Waals surface area contributed by atoms with Crippen LogP contribution in [0.4, 0.5) is 13.2 Å². The number of H-pyrrole nitrogens is 1. The first-order chi connectivity index (χ1) is 17.5. The van der Waals surface area contributed by atoms with Crippen LogP contribution in [-0.2, 0) is 22.0 Å². The number of hydrogen-bond donors (Lipinski definition) is 3. The van der Waals surface area contributed by atoms with Crippen LogP contribution in [0.2, 0.25) is 0 Å². The Morgan fingerprint density at radius 2 is 1.97 bits per heavy atom. The molecule has 3 atom stereocenters. The number of nitrogens with one attached hydrogen (secondary N) is 2. The van der Waals surface area contributed by atoms with Crippen molar-refractivity contribution in [1.82, 2.24) is 20.1 Å². The van der Waals surface area contributed by atoms with Gasteiger partial charge in [-0.3, -0.25) is 4.57 Å². The van der Waals surface area contributed by atoms with Gasteiger partial charge in [0, 0.05) is 6.54 Å². The van der Waals surface area contributed by atoms with E-state index in [-0.39, 0.29) is 13.2 Å². The smallest absolute Gasteiger partial charge is 0.411 e. The van der Waals surface area contributed by atoms with Crippen molar-refractivity contribution in [3.05, 3.63) is 87.6 Å². The average Bonchev–Trinajstić information content (AvgIpc) is 3.33. The van der Waals surface area contributed by atoms with Crippen LogP contribution >= 0.6 is 0 Å². The molecule has 2 aromatic carbocycles. The lowest BCUT2D eigenvalue weighted by molar-refractivity contribution is -0.137. The van der Waals surface area contributed by atoms with E-state index in [0.29, 0.717) is 29.7 Å². The number of ether oxygens (including phenoxy) is 1. The fourth-order valence-corrected chi connectivity index (χ4v) is 5.03. The summed E-state index contributed by atoms with van der Waals surface area (Å²) in [6, 6.07) is 13.6. The molecule has 0 saturated carbocycles. The lowest BCUT2D eigenvalue weighted by Crippen LogP contribution is -2.62. The Morgan fingerprint density at radius 1 is 1.24 bits per heavy atom. The number of hydrogen-bond acceptors (Lipinski definition) is 6. The molecule has 3 aromatic rings. The second kappa shape index (κ2) is 10.1. The molecule has 8 nitrogen and oxygen atoms in total. The van der Waals surface area contributed by atoms with E-state index in [1.807, 2.05) is 30.3 Å². The topological polar surface area (TPSA) is 105 Å². The van der Waals surface area contributed by atoms with E-state index in [4.69, 9.17) is 4.74 Å². The molecule has 37 heavy (non-hydrogen) atoms. The summed E-state index contributed by atoms with van der Waals surface area (Å²) in [6.45, 7) is 5.40. The number of rotatable bonds is 7. The molecule has 0 aliphatic carbocycles. The molecule has 1 fully saturated rings. The Kier molecular flexibility index (Phi) is 7.29. The van der Waals surface area contributed by atoms with Gasteiger partial charge in [0.05, 0.1) is 29.5 Å². The monoisotopic (exact) mass is 517 g/mol. The van der Waals surface area contributed by atoms with Crippen molar-refractivity contribution in [2.45, 2.75) is 57.0 Å². The molecule has 0 bridgehead atoms. The van der Waals surface area contributed by atoms with Crippen LogP contribution in [-0.4, -0.2) is 38.8 Å². The van der Waals surface area contributed by atoms with E-state index in [1.54, 1.807) is 26.8 Å². The Bertz CT molecular complexity index is 1310. The lowest BCUT2D eigenvalue weighted by atomic mass is 9.74. The number of halogens is 3. The first-order valence-corrected chi connectivity index (χ1v) is 11.9.